The van der Waals surface area contributed by atoms with Crippen LogP contribution in [-0.4, -0.2) is 30.0 Å². The average Bonchev–Trinajstić information content (AvgIpc) is 2.62. The molecule has 0 spiro atoms. The van der Waals surface area contributed by atoms with E-state index in [2.05, 4.69) is 5.32 Å². The number of aliphatic hydroxyl groups is 1. The van der Waals surface area contributed by atoms with Crippen LogP contribution in [0.1, 0.15) is 5.56 Å². The van der Waals surface area contributed by atoms with E-state index in [0.717, 1.165) is 5.56 Å². The highest BCUT2D eigenvalue weighted by Crippen LogP contribution is 2.18. The number of nitrogens with one attached hydrogen (secondary N) is 1. The van der Waals surface area contributed by atoms with Crippen LogP contribution in [0.2, 0.25) is 0 Å². The summed E-state index contributed by atoms with van der Waals surface area (Å²) in [6.07, 6.45) is 0.121. The summed E-state index contributed by atoms with van der Waals surface area (Å²) in [6.45, 7) is 0.102. The molecule has 2 rings (SSSR count). The molecule has 1 aromatic rings. The number of hydrogen-bond acceptors (Lipinski definition) is 3. The molecule has 1 aromatic carbocycles. The van der Waals surface area contributed by atoms with Gasteiger partial charge in [-0.2, -0.15) is 0 Å². The van der Waals surface area contributed by atoms with E-state index in [1.807, 2.05) is 30.3 Å². The molecule has 4 heteroatoms. The Morgan fingerprint density at radius 3 is 2.67 bits per heavy atom. The third kappa shape index (κ3) is 2.10. The monoisotopic (exact) mass is 207 g/mol. The molecule has 0 radical (unpaired) electrons. The molecule has 4 nitrogen and oxygen atoms in total. The van der Waals surface area contributed by atoms with Crippen LogP contribution >= 0.6 is 0 Å². The standard InChI is InChI=1S/C11H13NO3/c13-7-11(8-15-10(14)12-11)6-9-4-2-1-3-5-9/h1-5,13H,6-8H2,(H,12,14)/t11-/m0/s1. The molecule has 1 amide bonds. The predicted molar refractivity (Wildman–Crippen MR) is 54.4 cm³/mol. The first-order valence-electron chi connectivity index (χ1n) is 4.84. The fourth-order valence-corrected chi connectivity index (χ4v) is 1.72. The first-order chi connectivity index (χ1) is 7.24. The van der Waals surface area contributed by atoms with Crippen LogP contribution in [0.4, 0.5) is 4.79 Å². The number of benzene rings is 1. The number of carbonyl (C=O) groups excluding carboxylic acids is 1. The van der Waals surface area contributed by atoms with Crippen molar-refractivity contribution in [2.45, 2.75) is 12.0 Å². The minimum absolute atomic E-state index is 0.117. The zero-order valence-corrected chi connectivity index (χ0v) is 8.27. The molecule has 0 unspecified atom stereocenters. The quantitative estimate of drug-likeness (QED) is 0.767. The van der Waals surface area contributed by atoms with Gasteiger partial charge in [-0.3, -0.25) is 0 Å². The molecule has 2 N–H and O–H groups in total. The number of ether oxygens (including phenoxy) is 1. The second kappa shape index (κ2) is 3.90. The topological polar surface area (TPSA) is 58.6 Å². The van der Waals surface area contributed by atoms with E-state index in [0.29, 0.717) is 6.42 Å². The van der Waals surface area contributed by atoms with Crippen molar-refractivity contribution in [3.05, 3.63) is 35.9 Å². The molecule has 1 heterocycles. The first kappa shape index (κ1) is 9.98. The van der Waals surface area contributed by atoms with Crippen molar-refractivity contribution in [3.63, 3.8) is 0 Å². The van der Waals surface area contributed by atoms with Crippen LogP contribution in [0.3, 0.4) is 0 Å². The van der Waals surface area contributed by atoms with Gasteiger partial charge in [0.05, 0.1) is 6.61 Å². The molecule has 1 atom stereocenters. The van der Waals surface area contributed by atoms with Gasteiger partial charge in [0.25, 0.3) is 0 Å². The number of cyclic esters (lactones) is 1. The van der Waals surface area contributed by atoms with E-state index < -0.39 is 11.6 Å². The van der Waals surface area contributed by atoms with Gasteiger partial charge in [0.2, 0.25) is 0 Å². The summed E-state index contributed by atoms with van der Waals surface area (Å²) in [6, 6.07) is 9.71. The van der Waals surface area contributed by atoms with Crippen molar-refractivity contribution in [1.29, 1.82) is 0 Å². The van der Waals surface area contributed by atoms with Gasteiger partial charge in [-0.25, -0.2) is 4.79 Å². The average molecular weight is 207 g/mol. The van der Waals surface area contributed by atoms with E-state index in [-0.39, 0.29) is 13.2 Å². The maximum atomic E-state index is 11.0. The van der Waals surface area contributed by atoms with Crippen LogP contribution in [0.15, 0.2) is 30.3 Å². The van der Waals surface area contributed by atoms with Crippen molar-refractivity contribution in [2.24, 2.45) is 0 Å². The van der Waals surface area contributed by atoms with Crippen molar-refractivity contribution < 1.29 is 14.6 Å². The Hall–Kier alpha value is -1.55. The summed E-state index contributed by atoms with van der Waals surface area (Å²) in [5.74, 6) is 0. The van der Waals surface area contributed by atoms with Crippen molar-refractivity contribution >= 4 is 6.09 Å². The fourth-order valence-electron chi connectivity index (χ4n) is 1.72. The van der Waals surface area contributed by atoms with Crippen LogP contribution in [0.25, 0.3) is 0 Å². The van der Waals surface area contributed by atoms with E-state index in [4.69, 9.17) is 4.74 Å². The van der Waals surface area contributed by atoms with Crippen LogP contribution in [-0.2, 0) is 11.2 Å². The van der Waals surface area contributed by atoms with Gasteiger partial charge in [0, 0.05) is 6.42 Å². The molecule has 1 saturated heterocycles. The third-order valence-electron chi connectivity index (χ3n) is 2.53. The Morgan fingerprint density at radius 2 is 2.13 bits per heavy atom. The van der Waals surface area contributed by atoms with Gasteiger partial charge in [-0.15, -0.1) is 0 Å². The Morgan fingerprint density at radius 1 is 1.40 bits per heavy atom. The number of aliphatic hydroxyl groups excluding tert-OH is 1. The minimum atomic E-state index is -0.654. The summed E-state index contributed by atoms with van der Waals surface area (Å²) in [5, 5.41) is 12.0. The second-order valence-corrected chi connectivity index (χ2v) is 3.80. The van der Waals surface area contributed by atoms with Crippen molar-refractivity contribution in [2.75, 3.05) is 13.2 Å². The van der Waals surface area contributed by atoms with E-state index >= 15 is 0 Å². The Bertz CT molecular complexity index is 352. The molecule has 80 valence electrons. The smallest absolute Gasteiger partial charge is 0.407 e. The lowest BCUT2D eigenvalue weighted by molar-refractivity contribution is 0.145. The second-order valence-electron chi connectivity index (χ2n) is 3.80. The van der Waals surface area contributed by atoms with Gasteiger partial charge in [0.15, 0.2) is 0 Å². The maximum Gasteiger partial charge on any atom is 0.407 e. The van der Waals surface area contributed by atoms with Gasteiger partial charge in [0.1, 0.15) is 12.1 Å². The molecule has 0 saturated carbocycles. The van der Waals surface area contributed by atoms with Crippen molar-refractivity contribution in [3.8, 4) is 0 Å². The predicted octanol–water partition coefficient (Wildman–Crippen LogP) is 0.700. The zero-order valence-electron chi connectivity index (χ0n) is 8.27. The summed E-state index contributed by atoms with van der Waals surface area (Å²) in [7, 11) is 0. The number of amides is 1. The summed E-state index contributed by atoms with van der Waals surface area (Å²) < 4.78 is 4.82. The van der Waals surface area contributed by atoms with Gasteiger partial charge in [-0.1, -0.05) is 30.3 Å². The van der Waals surface area contributed by atoms with Crippen LogP contribution in [0, 0.1) is 0 Å². The summed E-state index contributed by atoms with van der Waals surface area (Å²) in [5.41, 5.74) is 0.413. The third-order valence-corrected chi connectivity index (χ3v) is 2.53. The number of hydrogen-bond donors (Lipinski definition) is 2. The van der Waals surface area contributed by atoms with Gasteiger partial charge >= 0.3 is 6.09 Å². The number of rotatable bonds is 3. The number of alkyl carbamates (subject to hydrolysis) is 1. The van der Waals surface area contributed by atoms with E-state index in [1.54, 1.807) is 0 Å². The normalized spacial score (nSPS) is 24.7. The SMILES string of the molecule is O=C1N[C@](CO)(Cc2ccccc2)CO1. The van der Waals surface area contributed by atoms with Gasteiger partial charge < -0.3 is 15.2 Å². The lowest BCUT2D eigenvalue weighted by atomic mass is 9.93. The summed E-state index contributed by atoms with van der Waals surface area (Å²) >= 11 is 0. The van der Waals surface area contributed by atoms with Crippen molar-refractivity contribution in [1.82, 2.24) is 5.32 Å². The van der Waals surface area contributed by atoms with Crippen LogP contribution in [0.5, 0.6) is 0 Å². The lowest BCUT2D eigenvalue weighted by Crippen LogP contribution is -2.48. The first-order valence-corrected chi connectivity index (χ1v) is 4.84. The minimum Gasteiger partial charge on any atom is -0.447 e. The van der Waals surface area contributed by atoms with E-state index in [9.17, 15) is 9.90 Å². The number of carbonyl (C=O) groups is 1. The Balaban J connectivity index is 2.12. The molecule has 1 fully saturated rings. The molecule has 15 heavy (non-hydrogen) atoms. The van der Waals surface area contributed by atoms with E-state index in [1.165, 1.54) is 0 Å². The van der Waals surface area contributed by atoms with Crippen LogP contribution < -0.4 is 5.32 Å². The Labute approximate surface area is 87.9 Å². The zero-order chi connectivity index (χ0) is 10.7. The van der Waals surface area contributed by atoms with Gasteiger partial charge in [-0.05, 0) is 5.56 Å². The fraction of sp³-hybridized carbons (Fsp3) is 0.364. The highest BCUT2D eigenvalue weighted by atomic mass is 16.6. The molecule has 0 aliphatic carbocycles. The molecule has 1 aliphatic rings. The highest BCUT2D eigenvalue weighted by molar-refractivity contribution is 5.70. The molecule has 1 aliphatic heterocycles. The molecular formula is C11H13NO3. The molecule has 0 aromatic heterocycles. The maximum absolute atomic E-state index is 11.0. The Kier molecular flexibility index (Phi) is 2.60. The largest absolute Gasteiger partial charge is 0.447 e. The molecular weight excluding hydrogens is 194 g/mol. The lowest BCUT2D eigenvalue weighted by Gasteiger charge is -2.23. The molecule has 0 bridgehead atoms. The highest BCUT2D eigenvalue weighted by Gasteiger charge is 2.39. The summed E-state index contributed by atoms with van der Waals surface area (Å²) in [4.78, 5) is 11.0.